The molecule has 0 spiro atoms. The van der Waals surface area contributed by atoms with Gasteiger partial charge in [0.25, 0.3) is 0 Å². The Bertz CT molecular complexity index is 826. The smallest absolute Gasteiger partial charge is 0.137 e. The summed E-state index contributed by atoms with van der Waals surface area (Å²) in [7, 11) is 0. The van der Waals surface area contributed by atoms with E-state index >= 15 is 0 Å². The predicted molar refractivity (Wildman–Crippen MR) is 99.5 cm³/mol. The van der Waals surface area contributed by atoms with Crippen LogP contribution in [0.1, 0.15) is 30.4 Å². The fourth-order valence-electron chi connectivity index (χ4n) is 4.03. The predicted octanol–water partition coefficient (Wildman–Crippen LogP) is 5.71. The van der Waals surface area contributed by atoms with Crippen LogP contribution in [0.4, 0.5) is 0 Å². The molecule has 0 saturated carbocycles. The first kappa shape index (κ1) is 15.7. The largest absolute Gasteiger partial charge is 0.464 e. The number of hydrogen-bond donors (Lipinski definition) is 0. The molecule has 1 fully saturated rings. The van der Waals surface area contributed by atoms with Gasteiger partial charge in [0, 0.05) is 29.1 Å². The van der Waals surface area contributed by atoms with Crippen LogP contribution < -0.4 is 0 Å². The fraction of sp³-hybridized carbons (Fsp3) is 0.333. The quantitative estimate of drug-likeness (QED) is 0.607. The van der Waals surface area contributed by atoms with Crippen molar-refractivity contribution in [2.24, 2.45) is 5.92 Å². The first-order valence-corrected chi connectivity index (χ1v) is 9.01. The third-order valence-electron chi connectivity index (χ3n) is 5.18. The molecule has 124 valence electrons. The number of rotatable bonds is 3. The van der Waals surface area contributed by atoms with Crippen LogP contribution in [0.15, 0.2) is 59.2 Å². The molecule has 2 aromatic carbocycles. The fourth-order valence-corrected chi connectivity index (χ4v) is 4.26. The number of fused-ring (bicyclic) bond motifs is 1. The summed E-state index contributed by atoms with van der Waals surface area (Å²) < 4.78 is 5.76. The molecule has 0 radical (unpaired) electrons. The average Bonchev–Trinajstić information content (AvgIpc) is 3.03. The van der Waals surface area contributed by atoms with E-state index in [0.717, 1.165) is 42.0 Å². The molecule has 2 nitrogen and oxygen atoms in total. The second-order valence-electron chi connectivity index (χ2n) is 6.93. The van der Waals surface area contributed by atoms with E-state index in [1.807, 2.05) is 12.1 Å². The van der Waals surface area contributed by atoms with E-state index in [9.17, 15) is 0 Å². The molecule has 0 amide bonds. The third kappa shape index (κ3) is 3.09. The zero-order chi connectivity index (χ0) is 16.5. The number of piperidine rings is 1. The summed E-state index contributed by atoms with van der Waals surface area (Å²) in [6.45, 7) is 5.59. The number of hydrogen-bond acceptors (Lipinski definition) is 2. The van der Waals surface area contributed by atoms with Gasteiger partial charge in [-0.3, -0.25) is 4.90 Å². The van der Waals surface area contributed by atoms with Crippen molar-refractivity contribution in [1.82, 2.24) is 4.90 Å². The molecule has 2 heterocycles. The minimum atomic E-state index is 0.504. The molecule has 0 bridgehead atoms. The highest BCUT2D eigenvalue weighted by Crippen LogP contribution is 2.38. The number of halogens is 1. The van der Waals surface area contributed by atoms with E-state index in [0.29, 0.717) is 11.8 Å². The molecule has 4 rings (SSSR count). The van der Waals surface area contributed by atoms with Gasteiger partial charge >= 0.3 is 0 Å². The van der Waals surface area contributed by atoms with Crippen LogP contribution in [0, 0.1) is 5.92 Å². The van der Waals surface area contributed by atoms with Crippen LogP contribution in [0.3, 0.4) is 0 Å². The van der Waals surface area contributed by atoms with Gasteiger partial charge in [-0.05, 0) is 48.6 Å². The van der Waals surface area contributed by atoms with Crippen molar-refractivity contribution in [3.63, 3.8) is 0 Å². The van der Waals surface area contributed by atoms with E-state index in [4.69, 9.17) is 16.0 Å². The van der Waals surface area contributed by atoms with Gasteiger partial charge in [-0.25, -0.2) is 0 Å². The zero-order valence-electron chi connectivity index (χ0n) is 13.9. The minimum Gasteiger partial charge on any atom is -0.464 e. The van der Waals surface area contributed by atoms with Crippen molar-refractivity contribution in [2.45, 2.75) is 25.8 Å². The summed E-state index contributed by atoms with van der Waals surface area (Å²) in [6, 6.07) is 16.8. The van der Waals surface area contributed by atoms with Crippen LogP contribution in [0.5, 0.6) is 0 Å². The molecule has 1 aliphatic rings. The van der Waals surface area contributed by atoms with Gasteiger partial charge in [0.2, 0.25) is 0 Å². The number of nitrogens with zero attached hydrogens (tertiary/aromatic N) is 1. The van der Waals surface area contributed by atoms with Gasteiger partial charge in [-0.2, -0.15) is 0 Å². The molecular weight excluding hydrogens is 318 g/mol. The maximum absolute atomic E-state index is 6.33. The summed E-state index contributed by atoms with van der Waals surface area (Å²) >= 11 is 6.33. The van der Waals surface area contributed by atoms with Gasteiger partial charge in [0.1, 0.15) is 5.58 Å². The Hall–Kier alpha value is -1.77. The van der Waals surface area contributed by atoms with Crippen molar-refractivity contribution >= 4 is 22.6 Å². The van der Waals surface area contributed by atoms with Gasteiger partial charge in [0.05, 0.1) is 6.26 Å². The Morgan fingerprint density at radius 2 is 2.00 bits per heavy atom. The maximum atomic E-state index is 6.33. The maximum Gasteiger partial charge on any atom is 0.137 e. The van der Waals surface area contributed by atoms with E-state index in [2.05, 4.69) is 48.2 Å². The van der Waals surface area contributed by atoms with Crippen LogP contribution in [0.25, 0.3) is 11.0 Å². The molecule has 1 saturated heterocycles. The molecular formula is C21H22ClNO. The minimum absolute atomic E-state index is 0.504. The van der Waals surface area contributed by atoms with Crippen LogP contribution in [-0.4, -0.2) is 18.0 Å². The normalized spacial score (nSPS) is 22.1. The Kier molecular flexibility index (Phi) is 4.34. The summed E-state index contributed by atoms with van der Waals surface area (Å²) in [5.74, 6) is 1.08. The van der Waals surface area contributed by atoms with Gasteiger partial charge < -0.3 is 4.42 Å². The third-order valence-corrected chi connectivity index (χ3v) is 5.40. The monoisotopic (exact) mass is 339 g/mol. The van der Waals surface area contributed by atoms with E-state index < -0.39 is 0 Å². The number of furan rings is 1. The lowest BCUT2D eigenvalue weighted by Crippen LogP contribution is -2.37. The van der Waals surface area contributed by atoms with E-state index in [1.54, 1.807) is 6.26 Å². The molecule has 1 aromatic heterocycles. The molecule has 3 heteroatoms. The van der Waals surface area contributed by atoms with Crippen LogP contribution in [-0.2, 0) is 6.54 Å². The van der Waals surface area contributed by atoms with Crippen molar-refractivity contribution in [3.8, 4) is 0 Å². The van der Waals surface area contributed by atoms with Crippen molar-refractivity contribution in [1.29, 1.82) is 0 Å². The highest BCUT2D eigenvalue weighted by atomic mass is 35.5. The first-order chi connectivity index (χ1) is 11.7. The van der Waals surface area contributed by atoms with E-state index in [1.165, 1.54) is 11.1 Å². The SMILES string of the molecule is C[C@@H]1CN(Cc2ccccc2)CC[C@@H]1c1cc(Cl)cc2ccoc12. The van der Waals surface area contributed by atoms with Crippen molar-refractivity contribution in [3.05, 3.63) is 70.9 Å². The molecule has 3 aromatic rings. The van der Waals surface area contributed by atoms with Crippen molar-refractivity contribution in [2.75, 3.05) is 13.1 Å². The Balaban J connectivity index is 1.53. The molecule has 0 N–H and O–H groups in total. The lowest BCUT2D eigenvalue weighted by molar-refractivity contribution is 0.156. The molecule has 24 heavy (non-hydrogen) atoms. The molecule has 0 aliphatic carbocycles. The second-order valence-corrected chi connectivity index (χ2v) is 7.36. The topological polar surface area (TPSA) is 16.4 Å². The summed E-state index contributed by atoms with van der Waals surface area (Å²) in [5.41, 5.74) is 3.67. The number of likely N-dealkylation sites (tertiary alicyclic amines) is 1. The summed E-state index contributed by atoms with van der Waals surface area (Å²) in [4.78, 5) is 2.56. The second kappa shape index (κ2) is 6.62. The Morgan fingerprint density at radius 3 is 2.79 bits per heavy atom. The van der Waals surface area contributed by atoms with Gasteiger partial charge in [-0.15, -0.1) is 0 Å². The van der Waals surface area contributed by atoms with Crippen LogP contribution >= 0.6 is 11.6 Å². The first-order valence-electron chi connectivity index (χ1n) is 8.63. The Morgan fingerprint density at radius 1 is 1.17 bits per heavy atom. The molecule has 0 unspecified atom stereocenters. The lowest BCUT2D eigenvalue weighted by Gasteiger charge is -2.37. The Labute approximate surface area is 148 Å². The van der Waals surface area contributed by atoms with Gasteiger partial charge in [-0.1, -0.05) is 48.9 Å². The van der Waals surface area contributed by atoms with Gasteiger partial charge in [0.15, 0.2) is 0 Å². The molecule has 1 aliphatic heterocycles. The van der Waals surface area contributed by atoms with E-state index in [-0.39, 0.29) is 0 Å². The summed E-state index contributed by atoms with van der Waals surface area (Å²) in [5, 5.41) is 1.91. The summed E-state index contributed by atoms with van der Waals surface area (Å²) in [6.07, 6.45) is 2.91. The van der Waals surface area contributed by atoms with Crippen LogP contribution in [0.2, 0.25) is 5.02 Å². The zero-order valence-corrected chi connectivity index (χ0v) is 14.7. The lowest BCUT2D eigenvalue weighted by atomic mass is 9.81. The average molecular weight is 340 g/mol. The number of benzene rings is 2. The molecule has 2 atom stereocenters. The highest BCUT2D eigenvalue weighted by Gasteiger charge is 2.29. The standard InChI is InChI=1S/C21H22ClNO/c1-15-13-23(14-16-5-3-2-4-6-16)9-7-19(15)20-12-18(22)11-17-8-10-24-21(17)20/h2-6,8,10-12,15,19H,7,9,13-14H2,1H3/t15-,19+/m1/s1. The van der Waals surface area contributed by atoms with Crippen molar-refractivity contribution < 1.29 is 4.42 Å². The highest BCUT2D eigenvalue weighted by molar-refractivity contribution is 6.31.